The Morgan fingerprint density at radius 3 is 2.64 bits per heavy atom. The monoisotopic (exact) mass is 251 g/mol. The van der Waals surface area contributed by atoms with E-state index in [0.29, 0.717) is 0 Å². The lowest BCUT2D eigenvalue weighted by atomic mass is 10.1. The highest BCUT2D eigenvalue weighted by molar-refractivity contribution is 9.10. The van der Waals surface area contributed by atoms with E-state index >= 15 is 0 Å². The van der Waals surface area contributed by atoms with Gasteiger partial charge >= 0.3 is 0 Å². The molecule has 3 nitrogen and oxygen atoms in total. The fourth-order valence-corrected chi connectivity index (χ4v) is 1.94. The first-order valence-corrected chi connectivity index (χ1v) is 5.02. The number of nitrogen functional groups attached to an aromatic ring is 1. The zero-order valence-electron chi connectivity index (χ0n) is 7.74. The molecule has 0 bridgehead atoms. The number of aryl methyl sites for hydroxylation is 1. The van der Waals surface area contributed by atoms with Crippen LogP contribution < -0.4 is 5.73 Å². The molecule has 0 saturated heterocycles. The van der Waals surface area contributed by atoms with Gasteiger partial charge in [-0.25, -0.2) is 0 Å². The summed E-state index contributed by atoms with van der Waals surface area (Å²) in [5.74, 6) is 0. The minimum Gasteiger partial charge on any atom is -0.398 e. The number of aromatic nitrogens is 2. The van der Waals surface area contributed by atoms with Crippen molar-refractivity contribution in [1.82, 2.24) is 9.78 Å². The molecule has 0 aliphatic carbocycles. The number of halogens is 1. The third kappa shape index (κ3) is 1.53. The Hall–Kier alpha value is -1.29. The highest BCUT2D eigenvalue weighted by Crippen LogP contribution is 2.30. The van der Waals surface area contributed by atoms with Crippen LogP contribution in [0.3, 0.4) is 0 Å². The van der Waals surface area contributed by atoms with Gasteiger partial charge in [0.05, 0.1) is 4.47 Å². The summed E-state index contributed by atoms with van der Waals surface area (Å²) >= 11 is 3.45. The van der Waals surface area contributed by atoms with E-state index in [1.54, 1.807) is 4.68 Å². The Balaban J connectivity index is 2.60. The van der Waals surface area contributed by atoms with E-state index in [4.69, 9.17) is 5.73 Å². The van der Waals surface area contributed by atoms with Crippen LogP contribution in [0.15, 0.2) is 34.9 Å². The average molecular weight is 252 g/mol. The van der Waals surface area contributed by atoms with Crippen LogP contribution in [0.2, 0.25) is 0 Å². The third-order valence-corrected chi connectivity index (χ3v) is 2.58. The molecule has 0 saturated carbocycles. The molecule has 0 unspecified atom stereocenters. The van der Waals surface area contributed by atoms with Crippen LogP contribution in [0.1, 0.15) is 0 Å². The van der Waals surface area contributed by atoms with E-state index in [9.17, 15) is 0 Å². The van der Waals surface area contributed by atoms with Crippen molar-refractivity contribution in [2.45, 2.75) is 0 Å². The smallest absolute Gasteiger partial charge is 0.109 e. The van der Waals surface area contributed by atoms with Crippen LogP contribution in [0, 0.1) is 0 Å². The zero-order chi connectivity index (χ0) is 10.1. The van der Waals surface area contributed by atoms with Gasteiger partial charge in [-0.3, -0.25) is 4.68 Å². The minimum atomic E-state index is 0.743. The normalized spacial score (nSPS) is 10.4. The lowest BCUT2D eigenvalue weighted by molar-refractivity contribution is 0.770. The first-order chi connectivity index (χ1) is 6.68. The lowest BCUT2D eigenvalue weighted by Gasteiger charge is -2.01. The second-order valence-corrected chi connectivity index (χ2v) is 3.94. The summed E-state index contributed by atoms with van der Waals surface area (Å²) in [6.07, 6.45) is 1.90. The van der Waals surface area contributed by atoms with Gasteiger partial charge in [-0.15, -0.1) is 0 Å². The maximum atomic E-state index is 5.86. The van der Waals surface area contributed by atoms with Crippen LogP contribution in [-0.2, 0) is 7.05 Å². The van der Waals surface area contributed by atoms with Crippen LogP contribution >= 0.6 is 15.9 Å². The predicted molar refractivity (Wildman–Crippen MR) is 60.8 cm³/mol. The van der Waals surface area contributed by atoms with Gasteiger partial charge in [-0.05, 0) is 22.0 Å². The molecule has 0 aliphatic heterocycles. The van der Waals surface area contributed by atoms with Crippen molar-refractivity contribution in [2.24, 2.45) is 7.05 Å². The molecule has 2 N–H and O–H groups in total. The third-order valence-electron chi connectivity index (χ3n) is 2.00. The van der Waals surface area contributed by atoms with Crippen molar-refractivity contribution >= 4 is 21.6 Å². The first kappa shape index (κ1) is 9.27. The number of rotatable bonds is 1. The van der Waals surface area contributed by atoms with Gasteiger partial charge in [0.25, 0.3) is 0 Å². The van der Waals surface area contributed by atoms with E-state index in [1.165, 1.54) is 0 Å². The standard InChI is InChI=1S/C10H10BrN3/c1-14-6-8(11)10(13-14)7-4-2-3-5-9(7)12/h2-6H,12H2,1H3. The van der Waals surface area contributed by atoms with Gasteiger partial charge in [0.15, 0.2) is 0 Å². The largest absolute Gasteiger partial charge is 0.398 e. The van der Waals surface area contributed by atoms with Crippen LogP contribution in [0.25, 0.3) is 11.3 Å². The van der Waals surface area contributed by atoms with E-state index < -0.39 is 0 Å². The molecular weight excluding hydrogens is 242 g/mol. The molecule has 0 radical (unpaired) electrons. The fourth-order valence-electron chi connectivity index (χ4n) is 1.35. The predicted octanol–water partition coefficient (Wildman–Crippen LogP) is 2.43. The van der Waals surface area contributed by atoms with Gasteiger partial charge in [-0.1, -0.05) is 18.2 Å². The summed E-state index contributed by atoms with van der Waals surface area (Å²) in [5.41, 5.74) is 8.44. The molecule has 2 aromatic rings. The molecule has 0 fully saturated rings. The first-order valence-electron chi connectivity index (χ1n) is 4.22. The summed E-state index contributed by atoms with van der Waals surface area (Å²) in [4.78, 5) is 0. The Kier molecular flexibility index (Phi) is 2.29. The Morgan fingerprint density at radius 1 is 1.36 bits per heavy atom. The second kappa shape index (κ2) is 3.46. The molecule has 0 amide bonds. The van der Waals surface area contributed by atoms with Gasteiger partial charge in [0.2, 0.25) is 0 Å². The molecule has 14 heavy (non-hydrogen) atoms. The van der Waals surface area contributed by atoms with Crippen molar-refractivity contribution in [1.29, 1.82) is 0 Å². The quantitative estimate of drug-likeness (QED) is 0.792. The molecule has 1 aromatic carbocycles. The number of benzene rings is 1. The molecule has 4 heteroatoms. The van der Waals surface area contributed by atoms with Gasteiger partial charge in [0.1, 0.15) is 5.69 Å². The highest BCUT2D eigenvalue weighted by atomic mass is 79.9. The number of nitrogens with two attached hydrogens (primary N) is 1. The Morgan fingerprint density at radius 2 is 2.07 bits per heavy atom. The SMILES string of the molecule is Cn1cc(Br)c(-c2ccccc2N)n1. The maximum absolute atomic E-state index is 5.86. The van der Waals surface area contributed by atoms with Gasteiger partial charge in [0, 0.05) is 24.5 Å². The van der Waals surface area contributed by atoms with E-state index in [2.05, 4.69) is 21.0 Å². The molecule has 0 atom stereocenters. The van der Waals surface area contributed by atoms with E-state index in [-0.39, 0.29) is 0 Å². The topological polar surface area (TPSA) is 43.8 Å². The van der Waals surface area contributed by atoms with Gasteiger partial charge in [-0.2, -0.15) is 5.10 Å². The molecule has 2 rings (SSSR count). The number of hydrogen-bond acceptors (Lipinski definition) is 2. The summed E-state index contributed by atoms with van der Waals surface area (Å²) in [5, 5.41) is 4.33. The lowest BCUT2D eigenvalue weighted by Crippen LogP contribution is -1.92. The van der Waals surface area contributed by atoms with Crippen LogP contribution in [0.5, 0.6) is 0 Å². The molecule has 0 aliphatic rings. The zero-order valence-corrected chi connectivity index (χ0v) is 9.32. The molecule has 0 spiro atoms. The van der Waals surface area contributed by atoms with Crippen molar-refractivity contribution < 1.29 is 0 Å². The average Bonchev–Trinajstić information content (AvgIpc) is 2.46. The number of anilines is 1. The number of nitrogens with zero attached hydrogens (tertiary/aromatic N) is 2. The van der Waals surface area contributed by atoms with Crippen molar-refractivity contribution in [2.75, 3.05) is 5.73 Å². The summed E-state index contributed by atoms with van der Waals surface area (Å²) < 4.78 is 2.71. The van der Waals surface area contributed by atoms with Crippen molar-refractivity contribution in [3.05, 3.63) is 34.9 Å². The summed E-state index contributed by atoms with van der Waals surface area (Å²) in [6.45, 7) is 0. The minimum absolute atomic E-state index is 0.743. The van der Waals surface area contributed by atoms with E-state index in [0.717, 1.165) is 21.4 Å². The van der Waals surface area contributed by atoms with Crippen LogP contribution in [0.4, 0.5) is 5.69 Å². The second-order valence-electron chi connectivity index (χ2n) is 3.09. The van der Waals surface area contributed by atoms with E-state index in [1.807, 2.05) is 37.5 Å². The highest BCUT2D eigenvalue weighted by Gasteiger charge is 2.09. The Labute approximate surface area is 90.7 Å². The molecular formula is C10H10BrN3. The van der Waals surface area contributed by atoms with Crippen molar-refractivity contribution in [3.8, 4) is 11.3 Å². The summed E-state index contributed by atoms with van der Waals surface area (Å²) in [6, 6.07) is 7.70. The number of para-hydroxylation sites is 1. The number of hydrogen-bond donors (Lipinski definition) is 1. The summed E-state index contributed by atoms with van der Waals surface area (Å²) in [7, 11) is 1.88. The Bertz CT molecular complexity index is 462. The maximum Gasteiger partial charge on any atom is 0.109 e. The molecule has 72 valence electrons. The molecule has 1 aromatic heterocycles. The molecule has 1 heterocycles. The van der Waals surface area contributed by atoms with Gasteiger partial charge < -0.3 is 5.73 Å². The fraction of sp³-hybridized carbons (Fsp3) is 0.100. The van der Waals surface area contributed by atoms with Crippen molar-refractivity contribution in [3.63, 3.8) is 0 Å². The van der Waals surface area contributed by atoms with Crippen LogP contribution in [-0.4, -0.2) is 9.78 Å².